The standard InChI is InChI=1S/C7H16BNO2/c1-3-9(4-2)8-10-6-5-7-11-8/h3-7H2,1-2H3. The van der Waals surface area contributed by atoms with E-state index in [1.54, 1.807) is 0 Å². The number of rotatable bonds is 3. The van der Waals surface area contributed by atoms with Crippen molar-refractivity contribution in [2.75, 3.05) is 26.3 Å². The molecular formula is C7H16BNO2. The van der Waals surface area contributed by atoms with Crippen molar-refractivity contribution >= 4 is 7.25 Å². The van der Waals surface area contributed by atoms with Crippen LogP contribution in [0.25, 0.3) is 0 Å². The summed E-state index contributed by atoms with van der Waals surface area (Å²) in [5.74, 6) is 0. The van der Waals surface area contributed by atoms with Gasteiger partial charge < -0.3 is 9.31 Å². The van der Waals surface area contributed by atoms with Crippen LogP contribution in [0.3, 0.4) is 0 Å². The van der Waals surface area contributed by atoms with Gasteiger partial charge in [-0.3, -0.25) is 4.81 Å². The van der Waals surface area contributed by atoms with E-state index in [1.807, 2.05) is 0 Å². The Kier molecular flexibility index (Phi) is 3.90. The molecule has 0 bridgehead atoms. The zero-order valence-corrected chi connectivity index (χ0v) is 7.38. The first kappa shape index (κ1) is 9.04. The number of hydrogen-bond acceptors (Lipinski definition) is 3. The van der Waals surface area contributed by atoms with Crippen molar-refractivity contribution in [1.82, 2.24) is 4.81 Å². The molecule has 3 nitrogen and oxygen atoms in total. The summed E-state index contributed by atoms with van der Waals surface area (Å²) in [4.78, 5) is 2.17. The quantitative estimate of drug-likeness (QED) is 0.564. The Labute approximate surface area is 68.8 Å². The van der Waals surface area contributed by atoms with E-state index in [0.29, 0.717) is 0 Å². The molecule has 11 heavy (non-hydrogen) atoms. The number of hydrogen-bond donors (Lipinski definition) is 0. The normalized spacial score (nSPS) is 19.4. The predicted molar refractivity (Wildman–Crippen MR) is 45.2 cm³/mol. The molecule has 4 heteroatoms. The highest BCUT2D eigenvalue weighted by atomic mass is 16.6. The molecule has 64 valence electrons. The van der Waals surface area contributed by atoms with Crippen molar-refractivity contribution in [1.29, 1.82) is 0 Å². The molecule has 1 heterocycles. The summed E-state index contributed by atoms with van der Waals surface area (Å²) in [7, 11) is -0.0845. The minimum Gasteiger partial charge on any atom is -0.397 e. The van der Waals surface area contributed by atoms with Crippen LogP contribution in [0.15, 0.2) is 0 Å². The predicted octanol–water partition coefficient (Wildman–Crippen LogP) is 0.750. The van der Waals surface area contributed by atoms with Crippen LogP contribution in [0.2, 0.25) is 0 Å². The summed E-state index contributed by atoms with van der Waals surface area (Å²) < 4.78 is 10.9. The zero-order chi connectivity index (χ0) is 8.10. The molecule has 1 fully saturated rings. The van der Waals surface area contributed by atoms with Crippen LogP contribution < -0.4 is 0 Å². The zero-order valence-electron chi connectivity index (χ0n) is 7.38. The lowest BCUT2D eigenvalue weighted by molar-refractivity contribution is 0.0943. The molecular weight excluding hydrogens is 141 g/mol. The van der Waals surface area contributed by atoms with Crippen molar-refractivity contribution in [2.24, 2.45) is 0 Å². The molecule has 0 spiro atoms. The van der Waals surface area contributed by atoms with E-state index >= 15 is 0 Å². The summed E-state index contributed by atoms with van der Waals surface area (Å²) in [6.45, 7) is 7.88. The average molecular weight is 157 g/mol. The first-order valence-electron chi connectivity index (χ1n) is 4.35. The summed E-state index contributed by atoms with van der Waals surface area (Å²) in [6.07, 6.45) is 1.03. The van der Waals surface area contributed by atoms with Gasteiger partial charge in [0.15, 0.2) is 0 Å². The third-order valence-corrected chi connectivity index (χ3v) is 1.92. The Balaban J connectivity index is 2.30. The molecule has 1 rings (SSSR count). The Bertz CT molecular complexity index is 103. The minimum absolute atomic E-state index is 0.0845. The second-order valence-corrected chi connectivity index (χ2v) is 2.62. The van der Waals surface area contributed by atoms with Gasteiger partial charge in [-0.1, -0.05) is 13.8 Å². The maximum Gasteiger partial charge on any atom is 0.557 e. The van der Waals surface area contributed by atoms with E-state index in [0.717, 1.165) is 32.7 Å². The van der Waals surface area contributed by atoms with Crippen LogP contribution >= 0.6 is 0 Å². The van der Waals surface area contributed by atoms with Crippen LogP contribution in [0.1, 0.15) is 20.3 Å². The van der Waals surface area contributed by atoms with Gasteiger partial charge in [0.05, 0.1) is 0 Å². The third-order valence-electron chi connectivity index (χ3n) is 1.92. The largest absolute Gasteiger partial charge is 0.557 e. The fourth-order valence-electron chi connectivity index (χ4n) is 1.21. The lowest BCUT2D eigenvalue weighted by atomic mass is 10.0. The number of nitrogens with zero attached hydrogens (tertiary/aromatic N) is 1. The summed E-state index contributed by atoms with van der Waals surface area (Å²) in [5, 5.41) is 0. The summed E-state index contributed by atoms with van der Waals surface area (Å²) in [5.41, 5.74) is 0. The third kappa shape index (κ3) is 2.47. The molecule has 0 atom stereocenters. The Morgan fingerprint density at radius 2 is 1.73 bits per heavy atom. The summed E-state index contributed by atoms with van der Waals surface area (Å²) in [6, 6.07) is 0. The smallest absolute Gasteiger partial charge is 0.397 e. The van der Waals surface area contributed by atoms with Crippen molar-refractivity contribution < 1.29 is 9.31 Å². The van der Waals surface area contributed by atoms with Gasteiger partial charge in [-0.05, 0) is 19.5 Å². The van der Waals surface area contributed by atoms with Crippen LogP contribution in [0.5, 0.6) is 0 Å². The second kappa shape index (κ2) is 4.75. The van der Waals surface area contributed by atoms with Gasteiger partial charge in [-0.15, -0.1) is 0 Å². The van der Waals surface area contributed by atoms with Crippen molar-refractivity contribution in [3.63, 3.8) is 0 Å². The Morgan fingerprint density at radius 1 is 1.18 bits per heavy atom. The molecule has 1 saturated heterocycles. The van der Waals surface area contributed by atoms with E-state index in [1.165, 1.54) is 0 Å². The lowest BCUT2D eigenvalue weighted by Gasteiger charge is -2.27. The lowest BCUT2D eigenvalue weighted by Crippen LogP contribution is -2.46. The van der Waals surface area contributed by atoms with E-state index in [2.05, 4.69) is 18.7 Å². The topological polar surface area (TPSA) is 21.7 Å². The molecule has 0 aliphatic carbocycles. The van der Waals surface area contributed by atoms with Crippen LogP contribution in [-0.4, -0.2) is 38.4 Å². The molecule has 0 amide bonds. The highest BCUT2D eigenvalue weighted by molar-refractivity contribution is 6.41. The molecule has 1 aliphatic heterocycles. The first-order chi connectivity index (χ1) is 5.38. The highest BCUT2D eigenvalue weighted by Gasteiger charge is 2.28. The van der Waals surface area contributed by atoms with E-state index in [9.17, 15) is 0 Å². The maximum atomic E-state index is 5.43. The SMILES string of the molecule is CCN(CC)B1OCCCO1. The first-order valence-corrected chi connectivity index (χ1v) is 4.35. The van der Waals surface area contributed by atoms with E-state index < -0.39 is 0 Å². The molecule has 1 aliphatic rings. The fourth-order valence-corrected chi connectivity index (χ4v) is 1.21. The van der Waals surface area contributed by atoms with Gasteiger partial charge in [0.1, 0.15) is 0 Å². The van der Waals surface area contributed by atoms with E-state index in [-0.39, 0.29) is 7.25 Å². The molecule has 0 aromatic heterocycles. The van der Waals surface area contributed by atoms with Crippen LogP contribution in [0.4, 0.5) is 0 Å². The van der Waals surface area contributed by atoms with Gasteiger partial charge in [0.25, 0.3) is 0 Å². The van der Waals surface area contributed by atoms with Gasteiger partial charge in [0.2, 0.25) is 0 Å². The molecule has 0 aromatic carbocycles. The van der Waals surface area contributed by atoms with Gasteiger partial charge in [-0.25, -0.2) is 0 Å². The Hall–Kier alpha value is -0.0551. The molecule has 0 aromatic rings. The monoisotopic (exact) mass is 157 g/mol. The molecule has 0 saturated carbocycles. The maximum absolute atomic E-state index is 5.43. The molecule has 0 N–H and O–H groups in total. The highest BCUT2D eigenvalue weighted by Crippen LogP contribution is 2.05. The van der Waals surface area contributed by atoms with Crippen molar-refractivity contribution in [3.05, 3.63) is 0 Å². The van der Waals surface area contributed by atoms with Crippen LogP contribution in [0, 0.1) is 0 Å². The van der Waals surface area contributed by atoms with Gasteiger partial charge in [0, 0.05) is 13.2 Å². The summed E-state index contributed by atoms with van der Waals surface area (Å²) >= 11 is 0. The fraction of sp³-hybridized carbons (Fsp3) is 1.00. The molecule has 0 radical (unpaired) electrons. The van der Waals surface area contributed by atoms with Gasteiger partial charge in [-0.2, -0.15) is 0 Å². The van der Waals surface area contributed by atoms with Crippen molar-refractivity contribution in [3.8, 4) is 0 Å². The van der Waals surface area contributed by atoms with Gasteiger partial charge >= 0.3 is 7.25 Å². The second-order valence-electron chi connectivity index (χ2n) is 2.62. The minimum atomic E-state index is -0.0845. The van der Waals surface area contributed by atoms with Crippen molar-refractivity contribution in [2.45, 2.75) is 20.3 Å². The van der Waals surface area contributed by atoms with E-state index in [4.69, 9.17) is 9.31 Å². The Morgan fingerprint density at radius 3 is 2.18 bits per heavy atom. The van der Waals surface area contributed by atoms with Crippen LogP contribution in [-0.2, 0) is 9.31 Å². The molecule has 0 unspecified atom stereocenters. The average Bonchev–Trinajstić information content (AvgIpc) is 2.09.